The van der Waals surface area contributed by atoms with E-state index in [1.54, 1.807) is 0 Å². The maximum absolute atomic E-state index is 12.1. The van der Waals surface area contributed by atoms with Gasteiger partial charge >= 0.3 is 6.03 Å². The van der Waals surface area contributed by atoms with Gasteiger partial charge in [0.2, 0.25) is 0 Å². The number of aromatic nitrogens is 1. The van der Waals surface area contributed by atoms with Crippen LogP contribution in [0.15, 0.2) is 48.5 Å². The molecule has 0 atom stereocenters. The second kappa shape index (κ2) is 8.47. The highest BCUT2D eigenvalue weighted by Crippen LogP contribution is 2.25. The second-order valence-corrected chi connectivity index (χ2v) is 7.53. The van der Waals surface area contributed by atoms with Gasteiger partial charge in [-0.3, -0.25) is 10.2 Å². The van der Waals surface area contributed by atoms with Gasteiger partial charge in [-0.15, -0.1) is 0 Å². The van der Waals surface area contributed by atoms with Crippen molar-refractivity contribution in [3.63, 3.8) is 0 Å². The fourth-order valence-electron chi connectivity index (χ4n) is 3.03. The standard InChI is InChI=1S/C20H22N4O2S/c25-19(23-20-22-17-3-1-2-4-18(17)27-20)21-13-15-5-7-16(8-6-15)14-24-9-11-26-12-10-24/h1-8H,9-14H2,(H2,21,22,23,25). The lowest BCUT2D eigenvalue weighted by atomic mass is 10.1. The molecule has 2 aromatic carbocycles. The molecule has 1 aromatic heterocycles. The van der Waals surface area contributed by atoms with E-state index in [4.69, 9.17) is 4.74 Å². The van der Waals surface area contributed by atoms with Crippen LogP contribution in [0.5, 0.6) is 0 Å². The molecule has 1 saturated heterocycles. The monoisotopic (exact) mass is 382 g/mol. The largest absolute Gasteiger partial charge is 0.379 e. The molecule has 3 aromatic rings. The highest BCUT2D eigenvalue weighted by Gasteiger charge is 2.11. The third kappa shape index (κ3) is 4.82. The third-order valence-corrected chi connectivity index (χ3v) is 5.45. The molecular formula is C20H22N4O2S. The molecule has 0 bridgehead atoms. The van der Waals surface area contributed by atoms with Gasteiger partial charge in [-0.1, -0.05) is 47.7 Å². The average Bonchev–Trinajstić information content (AvgIpc) is 3.10. The maximum Gasteiger partial charge on any atom is 0.321 e. The van der Waals surface area contributed by atoms with Crippen LogP contribution in [0.25, 0.3) is 10.2 Å². The molecule has 1 aliphatic heterocycles. The average molecular weight is 382 g/mol. The molecule has 140 valence electrons. The Kier molecular flexibility index (Phi) is 5.62. The number of thiazole rings is 1. The molecule has 2 heterocycles. The number of nitrogens with one attached hydrogen (secondary N) is 2. The topological polar surface area (TPSA) is 66.5 Å². The molecule has 2 amide bonds. The van der Waals surface area contributed by atoms with Crippen molar-refractivity contribution >= 4 is 32.7 Å². The van der Waals surface area contributed by atoms with Crippen LogP contribution in [0.2, 0.25) is 0 Å². The van der Waals surface area contributed by atoms with Crippen LogP contribution in [0.3, 0.4) is 0 Å². The van der Waals surface area contributed by atoms with Crippen molar-refractivity contribution in [2.24, 2.45) is 0 Å². The van der Waals surface area contributed by atoms with Gasteiger partial charge in [0, 0.05) is 26.2 Å². The molecule has 1 fully saturated rings. The normalized spacial score (nSPS) is 15.0. The van der Waals surface area contributed by atoms with Crippen LogP contribution in [0.1, 0.15) is 11.1 Å². The fourth-order valence-corrected chi connectivity index (χ4v) is 3.89. The van der Waals surface area contributed by atoms with Gasteiger partial charge in [0.25, 0.3) is 0 Å². The van der Waals surface area contributed by atoms with E-state index < -0.39 is 0 Å². The number of ether oxygens (including phenoxy) is 1. The predicted octanol–water partition coefficient (Wildman–Crippen LogP) is 3.45. The summed E-state index contributed by atoms with van der Waals surface area (Å²) in [7, 11) is 0. The lowest BCUT2D eigenvalue weighted by molar-refractivity contribution is 0.0342. The van der Waals surface area contributed by atoms with Crippen LogP contribution in [-0.2, 0) is 17.8 Å². The number of hydrogen-bond donors (Lipinski definition) is 2. The van der Waals surface area contributed by atoms with Crippen LogP contribution < -0.4 is 10.6 Å². The van der Waals surface area contributed by atoms with Crippen molar-refractivity contribution in [2.75, 3.05) is 31.6 Å². The van der Waals surface area contributed by atoms with Crippen molar-refractivity contribution in [3.8, 4) is 0 Å². The zero-order valence-corrected chi connectivity index (χ0v) is 15.8. The fraction of sp³-hybridized carbons (Fsp3) is 0.300. The Balaban J connectivity index is 1.27. The summed E-state index contributed by atoms with van der Waals surface area (Å²) >= 11 is 1.47. The van der Waals surface area contributed by atoms with Crippen LogP contribution >= 0.6 is 11.3 Å². The number of amides is 2. The third-order valence-electron chi connectivity index (χ3n) is 4.50. The van der Waals surface area contributed by atoms with Gasteiger partial charge in [-0.2, -0.15) is 0 Å². The molecule has 0 spiro atoms. The van der Waals surface area contributed by atoms with Crippen molar-refractivity contribution in [3.05, 3.63) is 59.7 Å². The Labute approximate surface area is 162 Å². The molecule has 4 rings (SSSR count). The second-order valence-electron chi connectivity index (χ2n) is 6.50. The van der Waals surface area contributed by atoms with Gasteiger partial charge in [0.05, 0.1) is 23.4 Å². The lowest BCUT2D eigenvalue weighted by Crippen LogP contribution is -2.35. The van der Waals surface area contributed by atoms with E-state index in [0.717, 1.165) is 48.6 Å². The summed E-state index contributed by atoms with van der Waals surface area (Å²) in [5.41, 5.74) is 3.24. The van der Waals surface area contributed by atoms with Crippen LogP contribution in [0, 0.1) is 0 Å². The Bertz CT molecular complexity index is 871. The molecule has 0 unspecified atom stereocenters. The van der Waals surface area contributed by atoms with Crippen LogP contribution in [-0.4, -0.2) is 42.2 Å². The Morgan fingerprint density at radius 1 is 1.07 bits per heavy atom. The number of anilines is 1. The van der Waals surface area contributed by atoms with E-state index in [2.05, 4.69) is 44.8 Å². The smallest absolute Gasteiger partial charge is 0.321 e. The molecule has 2 N–H and O–H groups in total. The van der Waals surface area contributed by atoms with Gasteiger partial charge < -0.3 is 10.1 Å². The number of fused-ring (bicyclic) bond motifs is 1. The van der Waals surface area contributed by atoms with E-state index in [0.29, 0.717) is 11.7 Å². The number of carbonyl (C=O) groups excluding carboxylic acids is 1. The molecular weight excluding hydrogens is 360 g/mol. The molecule has 0 aliphatic carbocycles. The van der Waals surface area contributed by atoms with Crippen molar-refractivity contribution in [1.29, 1.82) is 0 Å². The van der Waals surface area contributed by atoms with E-state index in [1.807, 2.05) is 24.3 Å². The molecule has 7 heteroatoms. The molecule has 1 aliphatic rings. The lowest BCUT2D eigenvalue weighted by Gasteiger charge is -2.26. The van der Waals surface area contributed by atoms with Gasteiger partial charge in [-0.25, -0.2) is 9.78 Å². The SMILES string of the molecule is O=C(NCc1ccc(CN2CCOCC2)cc1)Nc1nc2ccccc2s1. The number of urea groups is 1. The van der Waals surface area contributed by atoms with Gasteiger partial charge in [-0.05, 0) is 23.3 Å². The Morgan fingerprint density at radius 3 is 2.59 bits per heavy atom. The van der Waals surface area contributed by atoms with Crippen molar-refractivity contribution in [2.45, 2.75) is 13.1 Å². The van der Waals surface area contributed by atoms with Crippen molar-refractivity contribution < 1.29 is 9.53 Å². The minimum Gasteiger partial charge on any atom is -0.379 e. The summed E-state index contributed by atoms with van der Waals surface area (Å²) < 4.78 is 6.44. The number of benzene rings is 2. The van der Waals surface area contributed by atoms with Crippen molar-refractivity contribution in [1.82, 2.24) is 15.2 Å². The first-order chi connectivity index (χ1) is 13.3. The number of para-hydroxylation sites is 1. The molecule has 27 heavy (non-hydrogen) atoms. The summed E-state index contributed by atoms with van der Waals surface area (Å²) in [6, 6.07) is 16.0. The van der Waals surface area contributed by atoms with E-state index in [1.165, 1.54) is 16.9 Å². The van der Waals surface area contributed by atoms with E-state index in [-0.39, 0.29) is 6.03 Å². The minimum absolute atomic E-state index is 0.244. The molecule has 0 saturated carbocycles. The minimum atomic E-state index is -0.244. The first kappa shape index (κ1) is 17.9. The van der Waals surface area contributed by atoms with Gasteiger partial charge in [0.1, 0.15) is 0 Å². The molecule has 0 radical (unpaired) electrons. The summed E-state index contributed by atoms with van der Waals surface area (Å²) in [5, 5.41) is 6.29. The first-order valence-corrected chi connectivity index (χ1v) is 9.86. The maximum atomic E-state index is 12.1. The Hall–Kier alpha value is -2.48. The van der Waals surface area contributed by atoms with Gasteiger partial charge in [0.15, 0.2) is 5.13 Å². The summed E-state index contributed by atoms with van der Waals surface area (Å²) in [5.74, 6) is 0. The number of nitrogens with zero attached hydrogens (tertiary/aromatic N) is 2. The zero-order valence-electron chi connectivity index (χ0n) is 15.0. The zero-order chi connectivity index (χ0) is 18.5. The summed E-state index contributed by atoms with van der Waals surface area (Å²) in [4.78, 5) is 18.9. The quantitative estimate of drug-likeness (QED) is 0.709. The summed E-state index contributed by atoms with van der Waals surface area (Å²) in [6.45, 7) is 5.01. The number of carbonyl (C=O) groups is 1. The number of morpholine rings is 1. The highest BCUT2D eigenvalue weighted by atomic mass is 32.1. The van der Waals surface area contributed by atoms with Crippen LogP contribution in [0.4, 0.5) is 9.93 Å². The Morgan fingerprint density at radius 2 is 1.81 bits per heavy atom. The van der Waals surface area contributed by atoms with E-state index >= 15 is 0 Å². The first-order valence-electron chi connectivity index (χ1n) is 9.04. The predicted molar refractivity (Wildman–Crippen MR) is 108 cm³/mol. The highest BCUT2D eigenvalue weighted by molar-refractivity contribution is 7.22. The molecule has 6 nitrogen and oxygen atoms in total. The van der Waals surface area contributed by atoms with E-state index in [9.17, 15) is 4.79 Å². The number of hydrogen-bond acceptors (Lipinski definition) is 5. The summed E-state index contributed by atoms with van der Waals surface area (Å²) in [6.07, 6.45) is 0. The number of rotatable bonds is 5.